The van der Waals surface area contributed by atoms with Crippen molar-refractivity contribution in [1.29, 1.82) is 0 Å². The Hall–Kier alpha value is -0.910. The van der Waals surface area contributed by atoms with Crippen molar-refractivity contribution in [3.05, 3.63) is 28.5 Å². The van der Waals surface area contributed by atoms with Crippen molar-refractivity contribution in [3.63, 3.8) is 0 Å². The summed E-state index contributed by atoms with van der Waals surface area (Å²) in [5, 5.41) is 9.31. The van der Waals surface area contributed by atoms with E-state index in [4.69, 9.17) is 4.74 Å². The monoisotopic (exact) mass is 298 g/mol. The van der Waals surface area contributed by atoms with Crippen molar-refractivity contribution >= 4 is 27.0 Å². The summed E-state index contributed by atoms with van der Waals surface area (Å²) in [5.41, 5.74) is 1.91. The Kier molecular flexibility index (Phi) is 4.15. The van der Waals surface area contributed by atoms with E-state index in [-0.39, 0.29) is 6.61 Å². The number of benzene rings is 1. The average molecular weight is 299 g/mol. The Balaban J connectivity index is 2.38. The molecule has 0 atom stereocenters. The Labute approximate surface area is 108 Å². The fraction of sp³-hybridized carbons (Fsp3) is 0.417. The van der Waals surface area contributed by atoms with Crippen LogP contribution < -0.4 is 0 Å². The first-order valence-electron chi connectivity index (χ1n) is 5.59. The average Bonchev–Trinajstić information content (AvgIpc) is 2.67. The van der Waals surface area contributed by atoms with E-state index in [0.717, 1.165) is 15.5 Å². The van der Waals surface area contributed by atoms with Gasteiger partial charge in [0, 0.05) is 17.6 Å². The Bertz CT molecular complexity index is 510. The highest BCUT2D eigenvalue weighted by atomic mass is 79.9. The highest BCUT2D eigenvalue weighted by Gasteiger charge is 2.09. The highest BCUT2D eigenvalue weighted by molar-refractivity contribution is 9.10. The molecule has 1 aromatic carbocycles. The number of nitrogens with zero attached hydrogens (tertiary/aromatic N) is 2. The molecule has 0 saturated heterocycles. The van der Waals surface area contributed by atoms with Crippen molar-refractivity contribution in [3.8, 4) is 0 Å². The van der Waals surface area contributed by atoms with Crippen molar-refractivity contribution in [2.75, 3.05) is 13.2 Å². The predicted molar refractivity (Wildman–Crippen MR) is 69.8 cm³/mol. The summed E-state index contributed by atoms with van der Waals surface area (Å²) < 4.78 is 8.35. The molecule has 4 nitrogen and oxygen atoms in total. The van der Waals surface area contributed by atoms with Gasteiger partial charge in [0.1, 0.15) is 12.4 Å². The van der Waals surface area contributed by atoms with Crippen LogP contribution in [0.25, 0.3) is 11.0 Å². The molecule has 0 spiro atoms. The lowest BCUT2D eigenvalue weighted by atomic mass is 10.3. The number of ether oxygens (including phenoxy) is 1. The van der Waals surface area contributed by atoms with Gasteiger partial charge in [0.2, 0.25) is 0 Å². The smallest absolute Gasteiger partial charge is 0.135 e. The number of halogens is 1. The van der Waals surface area contributed by atoms with E-state index in [0.29, 0.717) is 25.6 Å². The van der Waals surface area contributed by atoms with Crippen molar-refractivity contribution in [2.45, 2.75) is 20.1 Å². The third-order valence-electron chi connectivity index (χ3n) is 2.59. The Morgan fingerprint density at radius 3 is 3.00 bits per heavy atom. The van der Waals surface area contributed by atoms with Crippen LogP contribution in [0.1, 0.15) is 12.7 Å². The van der Waals surface area contributed by atoms with Crippen LogP contribution >= 0.6 is 15.9 Å². The number of fused-ring (bicyclic) bond motifs is 1. The molecule has 2 rings (SSSR count). The molecule has 92 valence electrons. The Morgan fingerprint density at radius 1 is 1.47 bits per heavy atom. The maximum Gasteiger partial charge on any atom is 0.135 e. The lowest BCUT2D eigenvalue weighted by molar-refractivity contribution is 0.137. The van der Waals surface area contributed by atoms with Gasteiger partial charge in [-0.15, -0.1) is 0 Å². The summed E-state index contributed by atoms with van der Waals surface area (Å²) in [4.78, 5) is 4.39. The molecule has 0 saturated carbocycles. The molecular formula is C12H15BrN2O2. The lowest BCUT2D eigenvalue weighted by Crippen LogP contribution is -2.09. The van der Waals surface area contributed by atoms with Crippen LogP contribution in [0.2, 0.25) is 0 Å². The van der Waals surface area contributed by atoms with Crippen LogP contribution in [0.4, 0.5) is 0 Å². The first-order chi connectivity index (χ1) is 8.26. The van der Waals surface area contributed by atoms with Crippen molar-refractivity contribution in [1.82, 2.24) is 9.55 Å². The van der Waals surface area contributed by atoms with Crippen molar-refractivity contribution in [2.24, 2.45) is 0 Å². The molecule has 1 heterocycles. The normalized spacial score (nSPS) is 11.2. The van der Waals surface area contributed by atoms with E-state index in [1.165, 1.54) is 0 Å². The second-order valence-corrected chi connectivity index (χ2v) is 4.58. The number of hydrogen-bond acceptors (Lipinski definition) is 3. The van der Waals surface area contributed by atoms with Gasteiger partial charge >= 0.3 is 0 Å². The molecule has 1 N–H and O–H groups in total. The fourth-order valence-corrected chi connectivity index (χ4v) is 2.17. The number of rotatable bonds is 5. The van der Waals surface area contributed by atoms with Gasteiger partial charge in [-0.1, -0.05) is 15.9 Å². The second-order valence-electron chi connectivity index (χ2n) is 3.67. The minimum atomic E-state index is -0.0571. The van der Waals surface area contributed by atoms with E-state index in [1.807, 2.05) is 29.7 Å². The molecule has 0 aliphatic rings. The molecular weight excluding hydrogens is 284 g/mol. The summed E-state index contributed by atoms with van der Waals surface area (Å²) in [6.07, 6.45) is 0. The molecule has 17 heavy (non-hydrogen) atoms. The summed E-state index contributed by atoms with van der Waals surface area (Å²) in [6.45, 7) is 3.94. The topological polar surface area (TPSA) is 47.3 Å². The van der Waals surface area contributed by atoms with Gasteiger partial charge in [0.05, 0.1) is 17.6 Å². The molecule has 5 heteroatoms. The highest BCUT2D eigenvalue weighted by Crippen LogP contribution is 2.21. The molecule has 0 radical (unpaired) electrons. The zero-order chi connectivity index (χ0) is 12.3. The van der Waals surface area contributed by atoms with Crippen LogP contribution in [0.5, 0.6) is 0 Å². The van der Waals surface area contributed by atoms with E-state index < -0.39 is 0 Å². The first kappa shape index (κ1) is 12.5. The number of aliphatic hydroxyl groups is 1. The van der Waals surface area contributed by atoms with Gasteiger partial charge in [0.15, 0.2) is 0 Å². The van der Waals surface area contributed by atoms with Gasteiger partial charge in [-0.3, -0.25) is 0 Å². The number of aliphatic hydroxyl groups excluding tert-OH is 1. The zero-order valence-corrected chi connectivity index (χ0v) is 11.3. The number of imidazole rings is 1. The molecule has 0 unspecified atom stereocenters. The summed E-state index contributed by atoms with van der Waals surface area (Å²) in [7, 11) is 0. The molecule has 0 bridgehead atoms. The number of hydrogen-bond donors (Lipinski definition) is 1. The second kappa shape index (κ2) is 5.62. The van der Waals surface area contributed by atoms with E-state index >= 15 is 0 Å². The molecule has 1 aromatic heterocycles. The minimum absolute atomic E-state index is 0.0571. The molecule has 0 aliphatic carbocycles. The van der Waals surface area contributed by atoms with E-state index in [2.05, 4.69) is 20.9 Å². The fourth-order valence-electron chi connectivity index (χ4n) is 1.82. The number of aromatic nitrogens is 2. The third kappa shape index (κ3) is 2.68. The first-order valence-corrected chi connectivity index (χ1v) is 6.38. The summed E-state index contributed by atoms with van der Waals surface area (Å²) >= 11 is 3.44. The van der Waals surface area contributed by atoms with Gasteiger partial charge in [-0.2, -0.15) is 0 Å². The maximum atomic E-state index is 9.31. The zero-order valence-electron chi connectivity index (χ0n) is 9.69. The standard InChI is InChI=1S/C12H15BrN2O2/c1-2-17-6-5-15-11-7-9(13)3-4-10(11)14-12(15)8-16/h3-4,7,16H,2,5-6,8H2,1H3. The van der Waals surface area contributed by atoms with Gasteiger partial charge in [0.25, 0.3) is 0 Å². The quantitative estimate of drug-likeness (QED) is 0.862. The predicted octanol–water partition coefficient (Wildman–Crippen LogP) is 2.33. The van der Waals surface area contributed by atoms with Gasteiger partial charge in [-0.25, -0.2) is 4.98 Å². The SMILES string of the molecule is CCOCCn1c(CO)nc2ccc(Br)cc21. The van der Waals surface area contributed by atoms with Crippen molar-refractivity contribution < 1.29 is 9.84 Å². The molecule has 0 aliphatic heterocycles. The van der Waals surface area contributed by atoms with Gasteiger partial charge in [-0.05, 0) is 25.1 Å². The van der Waals surface area contributed by atoms with E-state index in [1.54, 1.807) is 0 Å². The summed E-state index contributed by atoms with van der Waals surface area (Å²) in [5.74, 6) is 0.679. The summed E-state index contributed by atoms with van der Waals surface area (Å²) in [6, 6.07) is 5.90. The largest absolute Gasteiger partial charge is 0.388 e. The molecule has 2 aromatic rings. The van der Waals surface area contributed by atoms with E-state index in [9.17, 15) is 5.11 Å². The van der Waals surface area contributed by atoms with Crippen LogP contribution in [-0.2, 0) is 17.9 Å². The minimum Gasteiger partial charge on any atom is -0.388 e. The third-order valence-corrected chi connectivity index (χ3v) is 3.09. The lowest BCUT2D eigenvalue weighted by Gasteiger charge is -2.07. The maximum absolute atomic E-state index is 9.31. The van der Waals surface area contributed by atoms with Crippen LogP contribution in [-0.4, -0.2) is 27.9 Å². The van der Waals surface area contributed by atoms with Crippen LogP contribution in [0.15, 0.2) is 22.7 Å². The molecule has 0 fully saturated rings. The van der Waals surface area contributed by atoms with Crippen LogP contribution in [0, 0.1) is 0 Å². The Morgan fingerprint density at radius 2 is 2.29 bits per heavy atom. The van der Waals surface area contributed by atoms with Gasteiger partial charge < -0.3 is 14.4 Å². The molecule has 0 amide bonds. The van der Waals surface area contributed by atoms with Crippen LogP contribution in [0.3, 0.4) is 0 Å².